The number of hydrogen-bond acceptors (Lipinski definition) is 3. The summed E-state index contributed by atoms with van der Waals surface area (Å²) in [6.45, 7) is 5.81. The monoisotopic (exact) mass is 360 g/mol. The largest absolute Gasteiger partial charge is 0.495 e. The quantitative estimate of drug-likeness (QED) is 0.753. The van der Waals surface area contributed by atoms with Gasteiger partial charge in [0.05, 0.1) is 12.8 Å². The Morgan fingerprint density at radius 3 is 2.60 bits per heavy atom. The van der Waals surface area contributed by atoms with Crippen LogP contribution in [0.4, 0.5) is 5.69 Å². The number of nitrogens with one attached hydrogen (secondary N) is 1. The molecule has 1 amide bonds. The first-order valence-electron chi connectivity index (χ1n) is 8.44. The minimum atomic E-state index is 0.128. The molecule has 1 N–H and O–H groups in total. The molecule has 134 valence electrons. The Bertz CT molecular complexity index is 704. The lowest BCUT2D eigenvalue weighted by Crippen LogP contribution is -2.31. The number of nitrogens with zero attached hydrogens (tertiary/aromatic N) is 1. The molecule has 0 aliphatic heterocycles. The van der Waals surface area contributed by atoms with Crippen molar-refractivity contribution in [3.63, 3.8) is 0 Å². The molecular weight excluding hydrogens is 336 g/mol. The molecule has 0 spiro atoms. The van der Waals surface area contributed by atoms with Crippen molar-refractivity contribution in [3.05, 3.63) is 58.6 Å². The van der Waals surface area contributed by atoms with Crippen LogP contribution in [0.3, 0.4) is 0 Å². The van der Waals surface area contributed by atoms with E-state index in [1.54, 1.807) is 13.2 Å². The van der Waals surface area contributed by atoms with Gasteiger partial charge >= 0.3 is 0 Å². The summed E-state index contributed by atoms with van der Waals surface area (Å²) in [5, 5.41) is 3.94. The Kier molecular flexibility index (Phi) is 7.14. The number of rotatable bonds is 8. The Hall–Kier alpha value is -2.20. The van der Waals surface area contributed by atoms with Gasteiger partial charge in [0.2, 0.25) is 5.91 Å². The van der Waals surface area contributed by atoms with Gasteiger partial charge in [-0.3, -0.25) is 4.79 Å². The van der Waals surface area contributed by atoms with Crippen LogP contribution in [0, 0.1) is 6.92 Å². The minimum Gasteiger partial charge on any atom is -0.495 e. The van der Waals surface area contributed by atoms with Gasteiger partial charge in [-0.25, -0.2) is 0 Å². The molecule has 4 nitrogen and oxygen atoms in total. The molecule has 0 radical (unpaired) electrons. The maximum atomic E-state index is 12.5. The van der Waals surface area contributed by atoms with E-state index in [1.165, 1.54) is 0 Å². The van der Waals surface area contributed by atoms with Crippen LogP contribution < -0.4 is 10.1 Å². The lowest BCUT2D eigenvalue weighted by Gasteiger charge is -2.21. The van der Waals surface area contributed by atoms with Crippen molar-refractivity contribution in [3.8, 4) is 5.75 Å². The van der Waals surface area contributed by atoms with Crippen molar-refractivity contribution in [2.45, 2.75) is 26.8 Å². The highest BCUT2D eigenvalue weighted by atomic mass is 35.5. The van der Waals surface area contributed by atoms with Gasteiger partial charge in [-0.05, 0) is 31.0 Å². The molecule has 0 bridgehead atoms. The molecule has 5 heteroatoms. The van der Waals surface area contributed by atoms with Crippen LogP contribution in [0.1, 0.15) is 24.5 Å². The maximum absolute atomic E-state index is 12.5. The van der Waals surface area contributed by atoms with Crippen LogP contribution in [0.5, 0.6) is 5.75 Å². The zero-order valence-corrected chi connectivity index (χ0v) is 15.8. The Labute approximate surface area is 154 Å². The summed E-state index contributed by atoms with van der Waals surface area (Å²) in [4.78, 5) is 14.3. The molecule has 0 fully saturated rings. The highest BCUT2D eigenvalue weighted by molar-refractivity contribution is 6.31. The van der Waals surface area contributed by atoms with Gasteiger partial charge in [-0.1, -0.05) is 41.9 Å². The van der Waals surface area contributed by atoms with Crippen LogP contribution in [0.2, 0.25) is 5.02 Å². The van der Waals surface area contributed by atoms with Gasteiger partial charge in [0, 0.05) is 37.1 Å². The van der Waals surface area contributed by atoms with Gasteiger partial charge in [0.25, 0.3) is 0 Å². The summed E-state index contributed by atoms with van der Waals surface area (Å²) >= 11 is 6.12. The van der Waals surface area contributed by atoms with E-state index in [-0.39, 0.29) is 5.91 Å². The molecule has 0 aliphatic carbocycles. The fraction of sp³-hybridized carbons (Fsp3) is 0.350. The second kappa shape index (κ2) is 9.33. The maximum Gasteiger partial charge on any atom is 0.224 e. The molecule has 25 heavy (non-hydrogen) atoms. The number of halogens is 1. The summed E-state index contributed by atoms with van der Waals surface area (Å²) in [6, 6.07) is 13.8. The minimum absolute atomic E-state index is 0.128. The summed E-state index contributed by atoms with van der Waals surface area (Å²) in [5.41, 5.74) is 2.96. The van der Waals surface area contributed by atoms with Gasteiger partial charge < -0.3 is 15.0 Å². The third-order valence-corrected chi connectivity index (χ3v) is 4.49. The van der Waals surface area contributed by atoms with Crippen LogP contribution in [-0.2, 0) is 11.3 Å². The SMILES string of the molecule is CCN(Cc1ccccc1)C(=O)CCNc1cc(C)c(Cl)cc1OC. The van der Waals surface area contributed by atoms with Gasteiger partial charge in [0.1, 0.15) is 5.75 Å². The summed E-state index contributed by atoms with van der Waals surface area (Å²) in [6.07, 6.45) is 0.422. The Balaban J connectivity index is 1.92. The van der Waals surface area contributed by atoms with Crippen molar-refractivity contribution >= 4 is 23.2 Å². The topological polar surface area (TPSA) is 41.6 Å². The molecule has 0 heterocycles. The first-order valence-corrected chi connectivity index (χ1v) is 8.82. The van der Waals surface area contributed by atoms with Crippen LogP contribution in [-0.4, -0.2) is 31.0 Å². The number of hydrogen-bond donors (Lipinski definition) is 1. The van der Waals surface area contributed by atoms with Crippen molar-refractivity contribution in [1.82, 2.24) is 4.90 Å². The molecular formula is C20H25ClN2O2. The van der Waals surface area contributed by atoms with E-state index in [0.29, 0.717) is 36.8 Å². The predicted molar refractivity (Wildman–Crippen MR) is 103 cm³/mol. The van der Waals surface area contributed by atoms with E-state index in [4.69, 9.17) is 16.3 Å². The second-order valence-corrected chi connectivity index (χ2v) is 6.28. The third-order valence-electron chi connectivity index (χ3n) is 4.09. The number of anilines is 1. The average Bonchev–Trinajstić information content (AvgIpc) is 2.63. The number of ether oxygens (including phenoxy) is 1. The lowest BCUT2D eigenvalue weighted by molar-refractivity contribution is -0.131. The van der Waals surface area contributed by atoms with E-state index in [9.17, 15) is 4.79 Å². The highest BCUT2D eigenvalue weighted by Crippen LogP contribution is 2.30. The average molecular weight is 361 g/mol. The highest BCUT2D eigenvalue weighted by Gasteiger charge is 2.13. The van der Waals surface area contributed by atoms with E-state index >= 15 is 0 Å². The molecule has 0 aliphatic rings. The molecule has 0 atom stereocenters. The summed E-state index contributed by atoms with van der Waals surface area (Å²) < 4.78 is 5.34. The Morgan fingerprint density at radius 1 is 1.24 bits per heavy atom. The van der Waals surface area contributed by atoms with E-state index in [1.807, 2.05) is 55.1 Å². The zero-order valence-electron chi connectivity index (χ0n) is 15.0. The van der Waals surface area contributed by atoms with Crippen molar-refractivity contribution in [2.24, 2.45) is 0 Å². The van der Waals surface area contributed by atoms with Gasteiger partial charge in [0.15, 0.2) is 0 Å². The van der Waals surface area contributed by atoms with Gasteiger partial charge in [-0.15, -0.1) is 0 Å². The van der Waals surface area contributed by atoms with E-state index in [0.717, 1.165) is 16.8 Å². The molecule has 0 saturated heterocycles. The first kappa shape index (κ1) is 19.1. The summed E-state index contributed by atoms with van der Waals surface area (Å²) in [7, 11) is 1.61. The molecule has 0 unspecified atom stereocenters. The van der Waals surface area contributed by atoms with Crippen LogP contribution >= 0.6 is 11.6 Å². The van der Waals surface area contributed by atoms with Crippen molar-refractivity contribution in [2.75, 3.05) is 25.5 Å². The normalized spacial score (nSPS) is 10.4. The fourth-order valence-electron chi connectivity index (χ4n) is 2.61. The van der Waals surface area contributed by atoms with E-state index < -0.39 is 0 Å². The number of amides is 1. The number of aryl methyl sites for hydroxylation is 1. The van der Waals surface area contributed by atoms with Crippen molar-refractivity contribution < 1.29 is 9.53 Å². The smallest absolute Gasteiger partial charge is 0.224 e. The molecule has 0 aromatic heterocycles. The standard InChI is InChI=1S/C20H25ClN2O2/c1-4-23(14-16-8-6-5-7-9-16)20(24)10-11-22-18-12-15(2)17(21)13-19(18)25-3/h5-9,12-13,22H,4,10-11,14H2,1-3H3. The van der Waals surface area contributed by atoms with Crippen molar-refractivity contribution in [1.29, 1.82) is 0 Å². The molecule has 2 rings (SSSR count). The van der Waals surface area contributed by atoms with Crippen LogP contribution in [0.25, 0.3) is 0 Å². The number of carbonyl (C=O) groups excluding carboxylic acids is 1. The summed E-state index contributed by atoms with van der Waals surface area (Å²) in [5.74, 6) is 0.809. The predicted octanol–water partition coefficient (Wildman–Crippen LogP) is 4.51. The lowest BCUT2D eigenvalue weighted by atomic mass is 10.2. The van der Waals surface area contributed by atoms with Gasteiger partial charge in [-0.2, -0.15) is 0 Å². The van der Waals surface area contributed by atoms with Crippen LogP contribution in [0.15, 0.2) is 42.5 Å². The first-order chi connectivity index (χ1) is 12.0. The third kappa shape index (κ3) is 5.40. The molecule has 2 aromatic carbocycles. The zero-order chi connectivity index (χ0) is 18.2. The van der Waals surface area contributed by atoms with E-state index in [2.05, 4.69) is 5.32 Å². The number of carbonyl (C=O) groups is 1. The fourth-order valence-corrected chi connectivity index (χ4v) is 2.77. The molecule has 2 aromatic rings. The number of methoxy groups -OCH3 is 1. The Morgan fingerprint density at radius 2 is 1.96 bits per heavy atom. The second-order valence-electron chi connectivity index (χ2n) is 5.87. The number of benzene rings is 2. The molecule has 0 saturated carbocycles.